The van der Waals surface area contributed by atoms with E-state index in [-0.39, 0.29) is 24.2 Å². The molecule has 1 aliphatic rings. The van der Waals surface area contributed by atoms with Crippen LogP contribution in [0.25, 0.3) is 10.2 Å². The van der Waals surface area contributed by atoms with Gasteiger partial charge >= 0.3 is 5.97 Å². The molecule has 0 saturated heterocycles. The van der Waals surface area contributed by atoms with E-state index in [2.05, 4.69) is 4.98 Å². The average molecular weight is 292 g/mol. The summed E-state index contributed by atoms with van der Waals surface area (Å²) < 4.78 is 6.74. The van der Waals surface area contributed by atoms with E-state index in [1.807, 2.05) is 5.38 Å². The molecular formula is C14H16N2O3S. The van der Waals surface area contributed by atoms with Crippen molar-refractivity contribution in [2.45, 2.75) is 44.8 Å². The molecule has 0 N–H and O–H groups in total. The lowest BCUT2D eigenvalue weighted by molar-refractivity contribution is -0.151. The number of nitrogens with zero attached hydrogens (tertiary/aromatic N) is 2. The fraction of sp³-hybridized carbons (Fsp3) is 0.500. The van der Waals surface area contributed by atoms with Gasteiger partial charge in [0.05, 0.1) is 11.7 Å². The molecule has 0 aliphatic heterocycles. The molecular weight excluding hydrogens is 276 g/mol. The Hall–Kier alpha value is -1.69. The zero-order chi connectivity index (χ0) is 13.9. The highest BCUT2D eigenvalue weighted by Gasteiger charge is 2.18. The van der Waals surface area contributed by atoms with Crippen LogP contribution in [0.5, 0.6) is 0 Å². The summed E-state index contributed by atoms with van der Waals surface area (Å²) in [4.78, 5) is 28.9. The predicted molar refractivity (Wildman–Crippen MR) is 76.8 cm³/mol. The van der Waals surface area contributed by atoms with Crippen LogP contribution in [0.4, 0.5) is 0 Å². The van der Waals surface area contributed by atoms with Crippen molar-refractivity contribution in [1.82, 2.24) is 9.55 Å². The summed E-state index contributed by atoms with van der Waals surface area (Å²) >= 11 is 1.42. The van der Waals surface area contributed by atoms with Gasteiger partial charge in [-0.25, -0.2) is 4.98 Å². The fourth-order valence-electron chi connectivity index (χ4n) is 2.55. The molecule has 2 aromatic heterocycles. The van der Waals surface area contributed by atoms with Crippen molar-refractivity contribution in [2.24, 2.45) is 0 Å². The Morgan fingerprint density at radius 3 is 3.00 bits per heavy atom. The molecule has 2 heterocycles. The van der Waals surface area contributed by atoms with Crippen LogP contribution >= 0.6 is 11.3 Å². The second-order valence-electron chi connectivity index (χ2n) is 5.07. The first-order valence-electron chi connectivity index (χ1n) is 6.86. The normalized spacial score (nSPS) is 16.4. The molecule has 3 rings (SSSR count). The number of hydrogen-bond acceptors (Lipinski definition) is 5. The van der Waals surface area contributed by atoms with Gasteiger partial charge in [-0.05, 0) is 37.1 Å². The molecule has 0 aromatic carbocycles. The SMILES string of the molecule is O=C(Cn1cnc2sccc2c1=O)OC1CCCCC1. The number of rotatable bonds is 3. The molecule has 1 aliphatic carbocycles. The van der Waals surface area contributed by atoms with Crippen LogP contribution in [0.3, 0.4) is 0 Å². The zero-order valence-electron chi connectivity index (χ0n) is 11.1. The number of hydrogen-bond donors (Lipinski definition) is 0. The molecule has 1 fully saturated rings. The third-order valence-corrected chi connectivity index (χ3v) is 4.42. The van der Waals surface area contributed by atoms with Gasteiger partial charge in [-0.1, -0.05) is 6.42 Å². The van der Waals surface area contributed by atoms with Gasteiger partial charge in [0.25, 0.3) is 5.56 Å². The fourth-order valence-corrected chi connectivity index (χ4v) is 3.27. The van der Waals surface area contributed by atoms with Crippen molar-refractivity contribution in [3.05, 3.63) is 28.1 Å². The van der Waals surface area contributed by atoms with Crippen LogP contribution < -0.4 is 5.56 Å². The molecule has 0 unspecified atom stereocenters. The zero-order valence-corrected chi connectivity index (χ0v) is 11.9. The third-order valence-electron chi connectivity index (χ3n) is 3.60. The maximum absolute atomic E-state index is 12.1. The number of carbonyl (C=O) groups is 1. The van der Waals surface area contributed by atoms with E-state index < -0.39 is 0 Å². The highest BCUT2D eigenvalue weighted by atomic mass is 32.1. The summed E-state index contributed by atoms with van der Waals surface area (Å²) in [5.41, 5.74) is -0.183. The number of ether oxygens (including phenoxy) is 1. The number of aromatic nitrogens is 2. The molecule has 0 spiro atoms. The van der Waals surface area contributed by atoms with Gasteiger partial charge in [-0.2, -0.15) is 0 Å². The van der Waals surface area contributed by atoms with Gasteiger partial charge in [0.15, 0.2) is 0 Å². The maximum Gasteiger partial charge on any atom is 0.326 e. The van der Waals surface area contributed by atoms with Crippen molar-refractivity contribution >= 4 is 27.5 Å². The summed E-state index contributed by atoms with van der Waals surface area (Å²) in [5.74, 6) is -0.352. The summed E-state index contributed by atoms with van der Waals surface area (Å²) in [6, 6.07) is 1.73. The molecule has 0 radical (unpaired) electrons. The molecule has 1 saturated carbocycles. The molecule has 5 nitrogen and oxygen atoms in total. The van der Waals surface area contributed by atoms with Crippen molar-refractivity contribution in [3.63, 3.8) is 0 Å². The third kappa shape index (κ3) is 2.75. The lowest BCUT2D eigenvalue weighted by Gasteiger charge is -2.21. The molecule has 0 amide bonds. The molecule has 106 valence electrons. The standard InChI is InChI=1S/C14H16N2O3S/c17-12(19-10-4-2-1-3-5-10)8-16-9-15-13-11(14(16)18)6-7-20-13/h6-7,9-10H,1-5,8H2. The van der Waals surface area contributed by atoms with Gasteiger partial charge < -0.3 is 4.74 Å². The highest BCUT2D eigenvalue weighted by molar-refractivity contribution is 7.16. The topological polar surface area (TPSA) is 61.2 Å². The van der Waals surface area contributed by atoms with Gasteiger partial charge in [0.1, 0.15) is 17.5 Å². The van der Waals surface area contributed by atoms with Crippen LogP contribution in [0.15, 0.2) is 22.6 Å². The quantitative estimate of drug-likeness (QED) is 0.815. The maximum atomic E-state index is 12.1. The van der Waals surface area contributed by atoms with E-state index in [0.29, 0.717) is 10.2 Å². The monoisotopic (exact) mass is 292 g/mol. The van der Waals surface area contributed by atoms with Crippen molar-refractivity contribution < 1.29 is 9.53 Å². The Balaban J connectivity index is 1.70. The lowest BCUT2D eigenvalue weighted by Crippen LogP contribution is -2.28. The summed E-state index contributed by atoms with van der Waals surface area (Å²) in [7, 11) is 0. The minimum atomic E-state index is -0.352. The van der Waals surface area contributed by atoms with E-state index in [0.717, 1.165) is 25.7 Å². The second kappa shape index (κ2) is 5.75. The van der Waals surface area contributed by atoms with Gasteiger partial charge in [-0.3, -0.25) is 14.2 Å². The number of esters is 1. The van der Waals surface area contributed by atoms with E-state index >= 15 is 0 Å². The van der Waals surface area contributed by atoms with Crippen LogP contribution in [0.2, 0.25) is 0 Å². The van der Waals surface area contributed by atoms with Gasteiger partial charge in [0.2, 0.25) is 0 Å². The Morgan fingerprint density at radius 2 is 2.20 bits per heavy atom. The molecule has 6 heteroatoms. The molecule has 2 aromatic rings. The van der Waals surface area contributed by atoms with E-state index in [1.165, 1.54) is 28.7 Å². The van der Waals surface area contributed by atoms with Crippen molar-refractivity contribution in [1.29, 1.82) is 0 Å². The summed E-state index contributed by atoms with van der Waals surface area (Å²) in [6.45, 7) is -0.0614. The Morgan fingerprint density at radius 1 is 1.40 bits per heavy atom. The Labute approximate surface area is 120 Å². The average Bonchev–Trinajstić information content (AvgIpc) is 2.92. The van der Waals surface area contributed by atoms with Crippen molar-refractivity contribution in [2.75, 3.05) is 0 Å². The smallest absolute Gasteiger partial charge is 0.326 e. The minimum absolute atomic E-state index is 0.0183. The van der Waals surface area contributed by atoms with E-state index in [9.17, 15) is 9.59 Å². The van der Waals surface area contributed by atoms with Crippen LogP contribution in [-0.2, 0) is 16.1 Å². The number of carbonyl (C=O) groups excluding carboxylic acids is 1. The van der Waals surface area contributed by atoms with Crippen LogP contribution in [-0.4, -0.2) is 21.6 Å². The first-order chi connectivity index (χ1) is 9.74. The number of fused-ring (bicyclic) bond motifs is 1. The van der Waals surface area contributed by atoms with Gasteiger partial charge in [0, 0.05) is 0 Å². The first-order valence-corrected chi connectivity index (χ1v) is 7.74. The second-order valence-corrected chi connectivity index (χ2v) is 5.96. The Kier molecular flexibility index (Phi) is 3.82. The molecule has 0 atom stereocenters. The number of thiophene rings is 1. The highest BCUT2D eigenvalue weighted by Crippen LogP contribution is 2.20. The van der Waals surface area contributed by atoms with E-state index in [1.54, 1.807) is 6.07 Å². The molecule has 0 bridgehead atoms. The lowest BCUT2D eigenvalue weighted by atomic mass is 9.98. The van der Waals surface area contributed by atoms with E-state index in [4.69, 9.17) is 4.74 Å². The Bertz CT molecular complexity index is 670. The minimum Gasteiger partial charge on any atom is -0.461 e. The molecule has 20 heavy (non-hydrogen) atoms. The van der Waals surface area contributed by atoms with Crippen molar-refractivity contribution in [3.8, 4) is 0 Å². The largest absolute Gasteiger partial charge is 0.461 e. The summed E-state index contributed by atoms with van der Waals surface area (Å²) in [6.07, 6.45) is 6.74. The summed E-state index contributed by atoms with van der Waals surface area (Å²) in [5, 5.41) is 2.38. The predicted octanol–water partition coefficient (Wildman–Crippen LogP) is 2.33. The van der Waals surface area contributed by atoms with Gasteiger partial charge in [-0.15, -0.1) is 11.3 Å². The van der Waals surface area contributed by atoms with Crippen LogP contribution in [0, 0.1) is 0 Å². The van der Waals surface area contributed by atoms with Crippen LogP contribution in [0.1, 0.15) is 32.1 Å². The first kappa shape index (κ1) is 13.3.